The first-order chi connectivity index (χ1) is 12.4. The molecule has 0 fully saturated rings. The molecule has 0 aliphatic rings. The molecule has 0 saturated carbocycles. The summed E-state index contributed by atoms with van der Waals surface area (Å²) in [5.74, 6) is 0. The van der Waals surface area contributed by atoms with Gasteiger partial charge in [-0.1, -0.05) is 104 Å². The summed E-state index contributed by atoms with van der Waals surface area (Å²) in [6.45, 7) is 2.14. The first kappa shape index (κ1) is 17.2. The summed E-state index contributed by atoms with van der Waals surface area (Å²) in [4.78, 5) is 0. The average molecular weight is 346 g/mol. The molecule has 3 heteroatoms. The lowest BCUT2D eigenvalue weighted by Gasteiger charge is -2.30. The molecular formula is C22H23NOSi. The Morgan fingerprint density at radius 1 is 0.720 bits per heavy atom. The number of oxime groups is 1. The van der Waals surface area contributed by atoms with E-state index in [1.807, 2.05) is 24.4 Å². The van der Waals surface area contributed by atoms with Gasteiger partial charge in [0.15, 0.2) is 0 Å². The van der Waals surface area contributed by atoms with Gasteiger partial charge in [-0.3, -0.25) is 0 Å². The highest BCUT2D eigenvalue weighted by Crippen LogP contribution is 2.10. The number of rotatable bonds is 7. The lowest BCUT2D eigenvalue weighted by atomic mass is 10.3. The Balaban J connectivity index is 2.20. The minimum Gasteiger partial charge on any atom is -0.438 e. The number of hydrogen-bond donors (Lipinski definition) is 0. The van der Waals surface area contributed by atoms with Crippen LogP contribution in [0.5, 0.6) is 0 Å². The first-order valence-corrected chi connectivity index (χ1v) is 10.7. The van der Waals surface area contributed by atoms with Crippen LogP contribution in [-0.2, 0) is 4.53 Å². The first-order valence-electron chi connectivity index (χ1n) is 8.74. The summed E-state index contributed by atoms with van der Waals surface area (Å²) < 4.78 is 6.40. The van der Waals surface area contributed by atoms with Gasteiger partial charge in [-0.2, -0.15) is 0 Å². The number of nitrogens with zero attached hydrogens (tertiary/aromatic N) is 1. The average Bonchev–Trinajstić information content (AvgIpc) is 2.70. The topological polar surface area (TPSA) is 21.6 Å². The van der Waals surface area contributed by atoms with Gasteiger partial charge in [-0.15, -0.1) is 5.16 Å². The van der Waals surface area contributed by atoms with Crippen molar-refractivity contribution >= 4 is 30.1 Å². The van der Waals surface area contributed by atoms with Gasteiger partial charge in [-0.25, -0.2) is 0 Å². The lowest BCUT2D eigenvalue weighted by Crippen LogP contribution is -2.68. The molecule has 3 aromatic rings. The summed E-state index contributed by atoms with van der Waals surface area (Å²) >= 11 is 0. The molecule has 0 radical (unpaired) electrons. The highest BCUT2D eigenvalue weighted by Gasteiger charge is 2.44. The van der Waals surface area contributed by atoms with Crippen LogP contribution >= 0.6 is 0 Å². The van der Waals surface area contributed by atoms with Gasteiger partial charge in [0.1, 0.15) is 0 Å². The van der Waals surface area contributed by atoms with E-state index in [0.29, 0.717) is 0 Å². The fourth-order valence-electron chi connectivity index (χ4n) is 2.97. The highest BCUT2D eigenvalue weighted by atomic mass is 28.4. The van der Waals surface area contributed by atoms with Crippen molar-refractivity contribution in [3.63, 3.8) is 0 Å². The minimum atomic E-state index is -2.67. The number of hydrogen-bond acceptors (Lipinski definition) is 2. The molecule has 0 amide bonds. The van der Waals surface area contributed by atoms with E-state index < -0.39 is 8.32 Å². The molecule has 0 unspecified atom stereocenters. The predicted octanol–water partition coefficient (Wildman–Crippen LogP) is 3.46. The molecule has 0 bridgehead atoms. The Bertz CT molecular complexity index is 691. The highest BCUT2D eigenvalue weighted by molar-refractivity contribution is 7.07. The van der Waals surface area contributed by atoms with E-state index in [2.05, 4.69) is 84.9 Å². The Morgan fingerprint density at radius 2 is 1.12 bits per heavy atom. The second-order valence-corrected chi connectivity index (χ2v) is 9.22. The van der Waals surface area contributed by atoms with Crippen LogP contribution < -0.4 is 15.6 Å². The summed E-state index contributed by atoms with van der Waals surface area (Å²) in [7, 11) is -2.67. The fraction of sp³-hybridized carbons (Fsp3) is 0.136. The maximum absolute atomic E-state index is 6.40. The normalized spacial score (nSPS) is 11.6. The van der Waals surface area contributed by atoms with Crippen molar-refractivity contribution in [1.29, 1.82) is 0 Å². The lowest BCUT2D eigenvalue weighted by molar-refractivity contribution is 0.350. The molecule has 0 aliphatic carbocycles. The van der Waals surface area contributed by atoms with Crippen LogP contribution in [0.1, 0.15) is 19.8 Å². The Hall–Kier alpha value is -2.65. The largest absolute Gasteiger partial charge is 0.438 e. The quantitative estimate of drug-likeness (QED) is 0.278. The monoisotopic (exact) mass is 345 g/mol. The minimum absolute atomic E-state index is 0.919. The summed E-state index contributed by atoms with van der Waals surface area (Å²) in [6, 6.07) is 31.5. The van der Waals surface area contributed by atoms with Crippen molar-refractivity contribution in [3.05, 3.63) is 91.0 Å². The molecule has 0 atom stereocenters. The van der Waals surface area contributed by atoms with Gasteiger partial charge in [-0.05, 0) is 22.0 Å². The summed E-state index contributed by atoms with van der Waals surface area (Å²) in [5, 5.41) is 7.99. The smallest absolute Gasteiger partial charge is 0.380 e. The molecule has 3 aromatic carbocycles. The molecule has 0 spiro atoms. The molecular weight excluding hydrogens is 322 g/mol. The van der Waals surface area contributed by atoms with Crippen LogP contribution in [0.25, 0.3) is 0 Å². The van der Waals surface area contributed by atoms with E-state index in [0.717, 1.165) is 12.8 Å². The zero-order valence-corrected chi connectivity index (χ0v) is 15.5. The summed E-state index contributed by atoms with van der Waals surface area (Å²) in [5.41, 5.74) is 0. The maximum Gasteiger partial charge on any atom is 0.380 e. The molecule has 0 aromatic heterocycles. The van der Waals surface area contributed by atoms with E-state index in [4.69, 9.17) is 4.53 Å². The molecule has 3 rings (SSSR count). The van der Waals surface area contributed by atoms with E-state index in [-0.39, 0.29) is 0 Å². The molecule has 0 saturated heterocycles. The van der Waals surface area contributed by atoms with Gasteiger partial charge in [0, 0.05) is 6.21 Å². The van der Waals surface area contributed by atoms with Crippen LogP contribution in [0, 0.1) is 0 Å². The van der Waals surface area contributed by atoms with Gasteiger partial charge in [0.25, 0.3) is 0 Å². The van der Waals surface area contributed by atoms with Crippen LogP contribution in [0.4, 0.5) is 0 Å². The molecule has 25 heavy (non-hydrogen) atoms. The molecule has 0 heterocycles. The number of benzene rings is 3. The van der Waals surface area contributed by atoms with E-state index >= 15 is 0 Å². The maximum atomic E-state index is 6.40. The van der Waals surface area contributed by atoms with Crippen LogP contribution in [0.15, 0.2) is 96.2 Å². The van der Waals surface area contributed by atoms with Crippen molar-refractivity contribution in [2.24, 2.45) is 5.16 Å². The van der Waals surface area contributed by atoms with Crippen molar-refractivity contribution in [2.75, 3.05) is 0 Å². The van der Waals surface area contributed by atoms with Gasteiger partial charge >= 0.3 is 8.32 Å². The zero-order valence-electron chi connectivity index (χ0n) is 14.5. The van der Waals surface area contributed by atoms with Crippen molar-refractivity contribution in [1.82, 2.24) is 0 Å². The van der Waals surface area contributed by atoms with Crippen LogP contribution in [-0.4, -0.2) is 14.5 Å². The van der Waals surface area contributed by atoms with E-state index in [1.165, 1.54) is 15.6 Å². The fourth-order valence-corrected chi connectivity index (χ4v) is 6.51. The van der Waals surface area contributed by atoms with Crippen molar-refractivity contribution in [3.8, 4) is 0 Å². The SMILES string of the molecule is CCCC=NO[Si](c1ccccc1)(c1ccccc1)c1ccccc1. The zero-order chi connectivity index (χ0) is 17.4. The molecule has 0 N–H and O–H groups in total. The molecule has 2 nitrogen and oxygen atoms in total. The molecule has 126 valence electrons. The molecule has 0 aliphatic heterocycles. The predicted molar refractivity (Wildman–Crippen MR) is 108 cm³/mol. The third-order valence-corrected chi connectivity index (χ3v) is 8.04. The second kappa shape index (κ2) is 8.45. The Morgan fingerprint density at radius 3 is 1.48 bits per heavy atom. The van der Waals surface area contributed by atoms with Gasteiger partial charge < -0.3 is 4.53 Å². The standard InChI is InChI=1S/C22H23NOSi/c1-2-3-19-23-24-25(20-13-7-4-8-14-20,21-15-9-5-10-16-21)22-17-11-6-12-18-22/h4-19H,2-3H2,1H3. The van der Waals surface area contributed by atoms with Gasteiger partial charge in [0.2, 0.25) is 0 Å². The van der Waals surface area contributed by atoms with E-state index in [9.17, 15) is 0 Å². The third-order valence-electron chi connectivity index (χ3n) is 4.22. The van der Waals surface area contributed by atoms with Crippen LogP contribution in [0.2, 0.25) is 0 Å². The van der Waals surface area contributed by atoms with Crippen LogP contribution in [0.3, 0.4) is 0 Å². The Labute approximate surface area is 150 Å². The second-order valence-electron chi connectivity index (χ2n) is 5.95. The number of unbranched alkanes of at least 4 members (excludes halogenated alkanes) is 1. The van der Waals surface area contributed by atoms with Crippen molar-refractivity contribution < 1.29 is 4.53 Å². The third kappa shape index (κ3) is 3.72. The van der Waals surface area contributed by atoms with E-state index in [1.54, 1.807) is 0 Å². The van der Waals surface area contributed by atoms with Crippen molar-refractivity contribution in [2.45, 2.75) is 19.8 Å². The van der Waals surface area contributed by atoms with Gasteiger partial charge in [0.05, 0.1) is 0 Å². The summed E-state index contributed by atoms with van der Waals surface area (Å²) in [6.07, 6.45) is 3.86. The Kier molecular flexibility index (Phi) is 5.80.